The molecule has 16 heavy (non-hydrogen) atoms. The summed E-state index contributed by atoms with van der Waals surface area (Å²) in [5.74, 6) is 0. The monoisotopic (exact) mass is 265 g/mol. The average molecular weight is 265 g/mol. The van der Waals surface area contributed by atoms with Crippen molar-refractivity contribution >= 4 is 27.0 Å². The van der Waals surface area contributed by atoms with Gasteiger partial charge >= 0.3 is 0 Å². The highest BCUT2D eigenvalue weighted by Crippen LogP contribution is 2.41. The molecule has 0 aromatic rings. The maximum Gasteiger partial charge on any atom is 0.150 e. The van der Waals surface area contributed by atoms with Crippen LogP contribution in [-0.4, -0.2) is 38.1 Å². The molecule has 0 aromatic carbocycles. The first kappa shape index (κ1) is 13.9. The Hall–Kier alpha value is -0.200. The molecular weight excluding hydrogens is 246 g/mol. The van der Waals surface area contributed by atoms with Crippen LogP contribution in [-0.2, 0) is 14.6 Å². The van der Waals surface area contributed by atoms with Crippen molar-refractivity contribution in [3.63, 3.8) is 0 Å². The van der Waals surface area contributed by atoms with Crippen LogP contribution in [0.4, 0.5) is 0 Å². The fourth-order valence-corrected chi connectivity index (χ4v) is 3.58. The van der Waals surface area contributed by atoms with Crippen LogP contribution < -0.4 is 5.73 Å². The van der Waals surface area contributed by atoms with Gasteiger partial charge in [-0.25, -0.2) is 8.42 Å². The molecule has 94 valence electrons. The Morgan fingerprint density at radius 1 is 1.62 bits per heavy atom. The largest absolute Gasteiger partial charge is 0.393 e. The Morgan fingerprint density at radius 3 is 2.62 bits per heavy atom. The zero-order valence-corrected chi connectivity index (χ0v) is 11.4. The van der Waals surface area contributed by atoms with Gasteiger partial charge in [-0.05, 0) is 26.2 Å². The fraction of sp³-hybridized carbons (Fsp3) is 0.900. The molecule has 0 bridgehead atoms. The predicted molar refractivity (Wildman–Crippen MR) is 68.2 cm³/mol. The van der Waals surface area contributed by atoms with Crippen molar-refractivity contribution < 1.29 is 13.2 Å². The summed E-state index contributed by atoms with van der Waals surface area (Å²) in [4.78, 5) is 0.382. The van der Waals surface area contributed by atoms with Gasteiger partial charge in [-0.2, -0.15) is 0 Å². The zero-order chi connectivity index (χ0) is 12.4. The maximum absolute atomic E-state index is 11.5. The van der Waals surface area contributed by atoms with Gasteiger partial charge in [0.1, 0.15) is 9.84 Å². The van der Waals surface area contributed by atoms with Gasteiger partial charge in [0.05, 0.1) is 16.8 Å². The molecule has 4 nitrogen and oxygen atoms in total. The van der Waals surface area contributed by atoms with E-state index in [-0.39, 0.29) is 5.25 Å². The van der Waals surface area contributed by atoms with E-state index in [1.165, 1.54) is 6.26 Å². The van der Waals surface area contributed by atoms with Crippen LogP contribution in [0.1, 0.15) is 26.2 Å². The molecule has 2 N–H and O–H groups in total. The molecule has 1 rings (SSSR count). The van der Waals surface area contributed by atoms with Crippen molar-refractivity contribution in [3.8, 4) is 0 Å². The van der Waals surface area contributed by atoms with Crippen LogP contribution in [0.25, 0.3) is 0 Å². The number of hydrogen-bond donors (Lipinski definition) is 1. The summed E-state index contributed by atoms with van der Waals surface area (Å²) in [6.45, 7) is 2.93. The van der Waals surface area contributed by atoms with Crippen LogP contribution in [0.3, 0.4) is 0 Å². The van der Waals surface area contributed by atoms with Crippen LogP contribution in [0, 0.1) is 5.41 Å². The maximum atomic E-state index is 11.5. The topological polar surface area (TPSA) is 69.4 Å². The number of ether oxygens (including phenoxy) is 1. The minimum absolute atomic E-state index is 0.325. The number of sulfone groups is 1. The lowest BCUT2D eigenvalue weighted by molar-refractivity contribution is 0.0896. The predicted octanol–water partition coefficient (Wildman–Crippen LogP) is 0.893. The van der Waals surface area contributed by atoms with Crippen molar-refractivity contribution in [1.82, 2.24) is 0 Å². The molecule has 0 spiro atoms. The second kappa shape index (κ2) is 4.98. The normalized spacial score (nSPS) is 30.5. The Morgan fingerprint density at radius 2 is 2.25 bits per heavy atom. The Labute approximate surface area is 102 Å². The summed E-state index contributed by atoms with van der Waals surface area (Å²) in [5.41, 5.74) is 5.32. The lowest BCUT2D eigenvalue weighted by atomic mass is 9.87. The van der Waals surface area contributed by atoms with Crippen molar-refractivity contribution in [2.24, 2.45) is 11.1 Å². The summed E-state index contributed by atoms with van der Waals surface area (Å²) in [5, 5.41) is -0.325. The molecule has 0 heterocycles. The summed E-state index contributed by atoms with van der Waals surface area (Å²) in [6.07, 6.45) is 3.11. The Balaban J connectivity index is 2.80. The van der Waals surface area contributed by atoms with E-state index in [1.807, 2.05) is 6.92 Å². The standard InChI is InChI=1S/C10H19NO3S2/c1-3-14-7-10(9(11)15)5-4-8(6-10)16(2,12)13/h8H,3-7H2,1-2H3,(H2,11,15)/t8-,10+/m1/s1. The van der Waals surface area contributed by atoms with E-state index >= 15 is 0 Å². The smallest absolute Gasteiger partial charge is 0.150 e. The lowest BCUT2D eigenvalue weighted by Crippen LogP contribution is -2.38. The summed E-state index contributed by atoms with van der Waals surface area (Å²) >= 11 is 5.06. The van der Waals surface area contributed by atoms with E-state index in [0.29, 0.717) is 37.5 Å². The van der Waals surface area contributed by atoms with Gasteiger partial charge in [-0.3, -0.25) is 0 Å². The fourth-order valence-electron chi connectivity index (χ4n) is 2.17. The molecule has 1 aliphatic carbocycles. The first-order chi connectivity index (χ1) is 7.32. The van der Waals surface area contributed by atoms with E-state index in [1.54, 1.807) is 0 Å². The summed E-state index contributed by atoms with van der Waals surface area (Å²) in [6, 6.07) is 0. The number of nitrogens with two attached hydrogens (primary N) is 1. The first-order valence-corrected chi connectivity index (χ1v) is 7.74. The molecular formula is C10H19NO3S2. The van der Waals surface area contributed by atoms with Gasteiger partial charge in [-0.1, -0.05) is 12.2 Å². The minimum Gasteiger partial charge on any atom is -0.393 e. The number of thiocarbonyl (C=S) groups is 1. The van der Waals surface area contributed by atoms with Crippen molar-refractivity contribution in [3.05, 3.63) is 0 Å². The lowest BCUT2D eigenvalue weighted by Gasteiger charge is -2.27. The second-order valence-corrected chi connectivity index (χ2v) is 7.24. The van der Waals surface area contributed by atoms with E-state index in [4.69, 9.17) is 22.7 Å². The van der Waals surface area contributed by atoms with Gasteiger partial charge in [0.15, 0.2) is 0 Å². The SMILES string of the molecule is CCOC[C@]1(C(N)=S)CC[C@@H](S(C)(=O)=O)C1. The van der Waals surface area contributed by atoms with E-state index < -0.39 is 15.3 Å². The van der Waals surface area contributed by atoms with Crippen molar-refractivity contribution in [2.75, 3.05) is 19.5 Å². The molecule has 1 fully saturated rings. The second-order valence-electron chi connectivity index (χ2n) is 4.48. The van der Waals surface area contributed by atoms with Gasteiger partial charge < -0.3 is 10.5 Å². The van der Waals surface area contributed by atoms with Gasteiger partial charge in [0.25, 0.3) is 0 Å². The molecule has 1 saturated carbocycles. The Bertz CT molecular complexity index is 366. The molecule has 0 aliphatic heterocycles. The van der Waals surface area contributed by atoms with Crippen LogP contribution in [0.15, 0.2) is 0 Å². The van der Waals surface area contributed by atoms with E-state index in [0.717, 1.165) is 0 Å². The highest BCUT2D eigenvalue weighted by Gasteiger charge is 2.45. The van der Waals surface area contributed by atoms with E-state index in [2.05, 4.69) is 0 Å². The minimum atomic E-state index is -3.00. The van der Waals surface area contributed by atoms with Gasteiger partial charge in [-0.15, -0.1) is 0 Å². The molecule has 0 saturated heterocycles. The van der Waals surface area contributed by atoms with E-state index in [9.17, 15) is 8.42 Å². The third kappa shape index (κ3) is 2.93. The summed E-state index contributed by atoms with van der Waals surface area (Å²) < 4.78 is 28.4. The number of rotatable bonds is 5. The van der Waals surface area contributed by atoms with Crippen molar-refractivity contribution in [1.29, 1.82) is 0 Å². The van der Waals surface area contributed by atoms with Gasteiger partial charge in [0, 0.05) is 18.3 Å². The molecule has 1 aliphatic rings. The third-order valence-corrected chi connectivity index (χ3v) is 5.32. The number of hydrogen-bond acceptors (Lipinski definition) is 4. The molecule has 0 unspecified atom stereocenters. The van der Waals surface area contributed by atoms with Crippen LogP contribution in [0.5, 0.6) is 0 Å². The third-order valence-electron chi connectivity index (χ3n) is 3.27. The highest BCUT2D eigenvalue weighted by atomic mass is 32.2. The zero-order valence-electron chi connectivity index (χ0n) is 9.73. The molecule has 0 aromatic heterocycles. The summed E-state index contributed by atoms with van der Waals surface area (Å²) in [7, 11) is -3.00. The van der Waals surface area contributed by atoms with Crippen LogP contribution >= 0.6 is 12.2 Å². The molecule has 2 atom stereocenters. The molecule has 0 amide bonds. The average Bonchev–Trinajstić information content (AvgIpc) is 2.59. The highest BCUT2D eigenvalue weighted by molar-refractivity contribution is 7.91. The van der Waals surface area contributed by atoms with Crippen LogP contribution in [0.2, 0.25) is 0 Å². The molecule has 6 heteroatoms. The Kier molecular flexibility index (Phi) is 4.31. The van der Waals surface area contributed by atoms with Gasteiger partial charge in [0.2, 0.25) is 0 Å². The van der Waals surface area contributed by atoms with Crippen molar-refractivity contribution in [2.45, 2.75) is 31.4 Å². The first-order valence-electron chi connectivity index (χ1n) is 5.38. The quantitative estimate of drug-likeness (QED) is 0.748. The molecule has 0 radical (unpaired) electrons.